The van der Waals surface area contributed by atoms with Crippen LogP contribution in [0, 0.1) is 0 Å². The van der Waals surface area contributed by atoms with E-state index in [2.05, 4.69) is 20.5 Å². The largest absolute Gasteiger partial charge is 0.389 e. The topological polar surface area (TPSA) is 56.8 Å². The second-order valence-corrected chi connectivity index (χ2v) is 3.93. The van der Waals surface area contributed by atoms with Crippen molar-refractivity contribution in [1.29, 1.82) is 0 Å². The standard InChI is InChI=1S/C9H14F3N5/c10-9(11,12)2-1-7-14-8(16-15-7)17-5-3-13-4-6-17/h13H,1-6H2,(H,14,15,16). The Morgan fingerprint density at radius 1 is 1.24 bits per heavy atom. The molecule has 0 aromatic carbocycles. The number of alkyl halides is 3. The van der Waals surface area contributed by atoms with Gasteiger partial charge in [-0.25, -0.2) is 0 Å². The van der Waals surface area contributed by atoms with E-state index in [0.717, 1.165) is 26.2 Å². The van der Waals surface area contributed by atoms with Gasteiger partial charge in [0.25, 0.3) is 0 Å². The van der Waals surface area contributed by atoms with Gasteiger partial charge < -0.3 is 10.2 Å². The van der Waals surface area contributed by atoms with Crippen LogP contribution in [0.25, 0.3) is 0 Å². The Morgan fingerprint density at radius 3 is 2.59 bits per heavy atom. The number of aromatic amines is 1. The van der Waals surface area contributed by atoms with Gasteiger partial charge >= 0.3 is 6.18 Å². The Labute approximate surface area is 96.4 Å². The van der Waals surface area contributed by atoms with Crippen molar-refractivity contribution >= 4 is 5.95 Å². The van der Waals surface area contributed by atoms with Gasteiger partial charge in [0, 0.05) is 32.6 Å². The first-order valence-electron chi connectivity index (χ1n) is 5.48. The highest BCUT2D eigenvalue weighted by Gasteiger charge is 2.27. The Hall–Kier alpha value is -1.31. The van der Waals surface area contributed by atoms with Crippen molar-refractivity contribution in [3.05, 3.63) is 5.82 Å². The maximum Gasteiger partial charge on any atom is 0.389 e. The van der Waals surface area contributed by atoms with Crippen LogP contribution < -0.4 is 10.2 Å². The molecule has 0 amide bonds. The fourth-order valence-electron chi connectivity index (χ4n) is 1.66. The van der Waals surface area contributed by atoms with Crippen LogP contribution in [0.15, 0.2) is 0 Å². The average molecular weight is 249 g/mol. The van der Waals surface area contributed by atoms with Gasteiger partial charge in [-0.3, -0.25) is 5.10 Å². The molecular weight excluding hydrogens is 235 g/mol. The van der Waals surface area contributed by atoms with Crippen molar-refractivity contribution in [3.8, 4) is 0 Å². The number of nitrogens with one attached hydrogen (secondary N) is 2. The number of aryl methyl sites for hydroxylation is 1. The van der Waals surface area contributed by atoms with Gasteiger partial charge in [0.1, 0.15) is 5.82 Å². The van der Waals surface area contributed by atoms with Crippen LogP contribution >= 0.6 is 0 Å². The molecule has 0 aliphatic carbocycles. The second kappa shape index (κ2) is 4.91. The lowest BCUT2D eigenvalue weighted by Gasteiger charge is -2.25. The molecule has 2 N–H and O–H groups in total. The number of H-pyrrole nitrogens is 1. The van der Waals surface area contributed by atoms with E-state index in [1.807, 2.05) is 4.90 Å². The first-order valence-corrected chi connectivity index (χ1v) is 5.48. The molecule has 0 radical (unpaired) electrons. The Bertz CT molecular complexity index is 356. The van der Waals surface area contributed by atoms with Crippen molar-refractivity contribution in [2.45, 2.75) is 19.0 Å². The van der Waals surface area contributed by atoms with Gasteiger partial charge in [-0.05, 0) is 0 Å². The van der Waals surface area contributed by atoms with Gasteiger partial charge in [-0.15, -0.1) is 5.10 Å². The molecule has 0 bridgehead atoms. The lowest BCUT2D eigenvalue weighted by atomic mass is 10.3. The molecule has 0 spiro atoms. The molecule has 1 saturated heterocycles. The van der Waals surface area contributed by atoms with Gasteiger partial charge in [0.05, 0.1) is 6.42 Å². The zero-order chi connectivity index (χ0) is 12.3. The normalized spacial score (nSPS) is 17.5. The van der Waals surface area contributed by atoms with Gasteiger partial charge in [-0.1, -0.05) is 0 Å². The van der Waals surface area contributed by atoms with Crippen molar-refractivity contribution in [2.75, 3.05) is 31.1 Å². The van der Waals surface area contributed by atoms with E-state index >= 15 is 0 Å². The van der Waals surface area contributed by atoms with E-state index in [0.29, 0.717) is 5.95 Å². The highest BCUT2D eigenvalue weighted by atomic mass is 19.4. The zero-order valence-corrected chi connectivity index (χ0v) is 9.22. The van der Waals surface area contributed by atoms with Crippen LogP contribution in [0.1, 0.15) is 12.2 Å². The molecular formula is C9H14F3N5. The fraction of sp³-hybridized carbons (Fsp3) is 0.778. The first-order chi connectivity index (χ1) is 8.04. The second-order valence-electron chi connectivity index (χ2n) is 3.93. The highest BCUT2D eigenvalue weighted by Crippen LogP contribution is 2.21. The number of hydrogen-bond donors (Lipinski definition) is 2. The van der Waals surface area contributed by atoms with Crippen molar-refractivity contribution in [3.63, 3.8) is 0 Å². The van der Waals surface area contributed by atoms with Crippen LogP contribution in [0.5, 0.6) is 0 Å². The van der Waals surface area contributed by atoms with Crippen molar-refractivity contribution in [1.82, 2.24) is 20.5 Å². The third-order valence-corrected chi connectivity index (χ3v) is 2.57. The predicted molar refractivity (Wildman–Crippen MR) is 55.8 cm³/mol. The number of nitrogens with zero attached hydrogens (tertiary/aromatic N) is 3. The summed E-state index contributed by atoms with van der Waals surface area (Å²) in [5.41, 5.74) is 0. The Morgan fingerprint density at radius 2 is 1.94 bits per heavy atom. The smallest absolute Gasteiger partial charge is 0.337 e. The summed E-state index contributed by atoms with van der Waals surface area (Å²) in [5, 5.41) is 9.67. The van der Waals surface area contributed by atoms with E-state index in [9.17, 15) is 13.2 Å². The molecule has 5 nitrogen and oxygen atoms in total. The van der Waals surface area contributed by atoms with E-state index in [1.165, 1.54) is 0 Å². The van der Waals surface area contributed by atoms with E-state index < -0.39 is 12.6 Å². The molecule has 0 atom stereocenters. The fourth-order valence-corrected chi connectivity index (χ4v) is 1.66. The van der Waals surface area contributed by atoms with E-state index in [4.69, 9.17) is 0 Å². The summed E-state index contributed by atoms with van der Waals surface area (Å²) in [6, 6.07) is 0. The van der Waals surface area contributed by atoms with Crippen molar-refractivity contribution in [2.24, 2.45) is 0 Å². The Balaban J connectivity index is 1.91. The molecule has 1 aliphatic heterocycles. The average Bonchev–Trinajstić information content (AvgIpc) is 2.75. The van der Waals surface area contributed by atoms with Crippen LogP contribution in [-0.4, -0.2) is 47.5 Å². The summed E-state index contributed by atoms with van der Waals surface area (Å²) >= 11 is 0. The first kappa shape index (κ1) is 12.2. The molecule has 0 saturated carbocycles. The third kappa shape index (κ3) is 3.58. The van der Waals surface area contributed by atoms with E-state index in [-0.39, 0.29) is 12.2 Å². The molecule has 2 heterocycles. The molecule has 8 heteroatoms. The Kier molecular flexibility index (Phi) is 3.51. The summed E-state index contributed by atoms with van der Waals surface area (Å²) in [4.78, 5) is 6.02. The molecule has 0 unspecified atom stereocenters. The predicted octanol–water partition coefficient (Wildman–Crippen LogP) is 0.709. The van der Waals surface area contributed by atoms with Gasteiger partial charge in [0.15, 0.2) is 0 Å². The summed E-state index contributed by atoms with van der Waals surface area (Å²) in [6.45, 7) is 3.23. The number of piperazine rings is 1. The summed E-state index contributed by atoms with van der Waals surface area (Å²) in [5.74, 6) is 0.777. The summed E-state index contributed by atoms with van der Waals surface area (Å²) in [6.07, 6.45) is -5.17. The molecule has 1 fully saturated rings. The van der Waals surface area contributed by atoms with Crippen LogP contribution in [0.2, 0.25) is 0 Å². The van der Waals surface area contributed by atoms with Crippen LogP contribution in [0.3, 0.4) is 0 Å². The minimum atomic E-state index is -4.15. The number of halogens is 3. The molecule has 2 rings (SSSR count). The zero-order valence-electron chi connectivity index (χ0n) is 9.22. The highest BCUT2D eigenvalue weighted by molar-refractivity contribution is 5.29. The third-order valence-electron chi connectivity index (χ3n) is 2.57. The van der Waals surface area contributed by atoms with Gasteiger partial charge in [0.2, 0.25) is 5.95 Å². The van der Waals surface area contributed by atoms with Crippen LogP contribution in [-0.2, 0) is 6.42 Å². The quantitative estimate of drug-likeness (QED) is 0.828. The van der Waals surface area contributed by atoms with Gasteiger partial charge in [-0.2, -0.15) is 18.2 Å². The number of anilines is 1. The summed E-state index contributed by atoms with van der Waals surface area (Å²) in [7, 11) is 0. The number of rotatable bonds is 3. The minimum Gasteiger partial charge on any atom is -0.337 e. The lowest BCUT2D eigenvalue weighted by Crippen LogP contribution is -2.44. The minimum absolute atomic E-state index is 0.150. The van der Waals surface area contributed by atoms with Crippen LogP contribution in [0.4, 0.5) is 19.1 Å². The lowest BCUT2D eigenvalue weighted by molar-refractivity contribution is -0.134. The maximum atomic E-state index is 12.0. The molecule has 1 aromatic heterocycles. The SMILES string of the molecule is FC(F)(F)CCc1nc(N2CCNCC2)n[nH]1. The van der Waals surface area contributed by atoms with E-state index in [1.54, 1.807) is 0 Å². The maximum absolute atomic E-state index is 12.0. The number of aromatic nitrogens is 3. The summed E-state index contributed by atoms with van der Waals surface area (Å²) < 4.78 is 36.1. The molecule has 17 heavy (non-hydrogen) atoms. The molecule has 1 aromatic rings. The molecule has 96 valence electrons. The molecule has 1 aliphatic rings. The number of hydrogen-bond acceptors (Lipinski definition) is 4. The monoisotopic (exact) mass is 249 g/mol. The van der Waals surface area contributed by atoms with Crippen molar-refractivity contribution < 1.29 is 13.2 Å².